The van der Waals surface area contributed by atoms with Gasteiger partial charge in [0.15, 0.2) is 0 Å². The highest BCUT2D eigenvalue weighted by molar-refractivity contribution is 6.13. The highest BCUT2D eigenvalue weighted by atomic mass is 16.6. The van der Waals surface area contributed by atoms with Crippen LogP contribution in [0.4, 0.5) is 5.69 Å². The number of nitrogens with zero attached hydrogens (tertiary/aromatic N) is 1. The van der Waals surface area contributed by atoms with Crippen molar-refractivity contribution in [2.75, 3.05) is 0 Å². The second-order valence-corrected chi connectivity index (χ2v) is 11.8. The molecule has 0 aliphatic heterocycles. The summed E-state index contributed by atoms with van der Waals surface area (Å²) < 4.78 is 5.48. The molecule has 0 radical (unpaired) electrons. The van der Waals surface area contributed by atoms with Crippen LogP contribution in [-0.2, 0) is 21.4 Å². The lowest BCUT2D eigenvalue weighted by Gasteiger charge is -2.42. The molecule has 0 saturated heterocycles. The number of carbonyl (C=O) groups is 1. The van der Waals surface area contributed by atoms with E-state index >= 15 is 0 Å². The molecule has 5 rings (SSSR count). The van der Waals surface area contributed by atoms with Gasteiger partial charge < -0.3 is 9.84 Å². The number of rotatable bonds is 5. The fourth-order valence-electron chi connectivity index (χ4n) is 6.04. The zero-order valence-corrected chi connectivity index (χ0v) is 22.2. The average Bonchev–Trinajstić information content (AvgIpc) is 3.22. The zero-order chi connectivity index (χ0) is 26.1. The van der Waals surface area contributed by atoms with Crippen LogP contribution in [0.25, 0.3) is 0 Å². The minimum absolute atomic E-state index is 0.0720. The van der Waals surface area contributed by atoms with Gasteiger partial charge in [0.2, 0.25) is 0 Å². The third kappa shape index (κ3) is 5.70. The SMILES string of the molecule is CC(C)(C)OC(=O)CC1(O)CCC2(CCc3cc(N=C(c4ccccc4)c4ccccc4)ccc32)CC1. The van der Waals surface area contributed by atoms with Gasteiger partial charge in [-0.1, -0.05) is 66.7 Å². The summed E-state index contributed by atoms with van der Waals surface area (Å²) in [7, 11) is 0. The molecule has 3 aromatic rings. The van der Waals surface area contributed by atoms with Gasteiger partial charge in [-0.3, -0.25) is 4.79 Å². The first-order valence-electron chi connectivity index (χ1n) is 13.4. The minimum Gasteiger partial charge on any atom is -0.460 e. The molecule has 1 saturated carbocycles. The molecule has 1 spiro atoms. The Morgan fingerprint density at radius 1 is 0.865 bits per heavy atom. The Kier molecular flexibility index (Phi) is 6.80. The third-order valence-corrected chi connectivity index (χ3v) is 7.90. The molecule has 0 amide bonds. The van der Waals surface area contributed by atoms with Crippen LogP contribution in [0.3, 0.4) is 0 Å². The van der Waals surface area contributed by atoms with E-state index in [1.807, 2.05) is 57.2 Å². The quantitative estimate of drug-likeness (QED) is 0.304. The van der Waals surface area contributed by atoms with Gasteiger partial charge in [0.1, 0.15) is 5.60 Å². The summed E-state index contributed by atoms with van der Waals surface area (Å²) in [6, 6.07) is 27.3. The van der Waals surface area contributed by atoms with Crippen LogP contribution >= 0.6 is 0 Å². The topological polar surface area (TPSA) is 58.9 Å². The molecule has 2 aliphatic carbocycles. The number of aliphatic imine (C=N–C) groups is 1. The van der Waals surface area contributed by atoms with E-state index in [0.29, 0.717) is 12.8 Å². The predicted molar refractivity (Wildman–Crippen MR) is 149 cm³/mol. The van der Waals surface area contributed by atoms with Gasteiger partial charge in [-0.15, -0.1) is 0 Å². The normalized spacial score (nSPS) is 22.9. The van der Waals surface area contributed by atoms with Crippen molar-refractivity contribution < 1.29 is 14.6 Å². The third-order valence-electron chi connectivity index (χ3n) is 7.90. The Morgan fingerprint density at radius 3 is 2.03 bits per heavy atom. The Bertz CT molecular complexity index is 1240. The standard InChI is InChI=1S/C33H37NO3/c1-31(2,3)37-29(35)23-33(36)20-18-32(19-21-33)17-16-26-22-27(14-15-28(26)32)34-30(24-10-6-4-7-11-24)25-12-8-5-9-13-25/h4-15,22,36H,16-21,23H2,1-3H3. The van der Waals surface area contributed by atoms with E-state index in [0.717, 1.165) is 48.2 Å². The Labute approximate surface area is 220 Å². The molecule has 37 heavy (non-hydrogen) atoms. The van der Waals surface area contributed by atoms with Crippen LogP contribution in [0.15, 0.2) is 83.9 Å². The highest BCUT2D eigenvalue weighted by Gasteiger charge is 2.46. The molecule has 4 nitrogen and oxygen atoms in total. The lowest BCUT2D eigenvalue weighted by atomic mass is 9.65. The number of hydrogen-bond donors (Lipinski definition) is 1. The fourth-order valence-corrected chi connectivity index (χ4v) is 6.04. The van der Waals surface area contributed by atoms with Crippen LogP contribution in [0.2, 0.25) is 0 Å². The first-order chi connectivity index (χ1) is 17.6. The first kappa shape index (κ1) is 25.4. The van der Waals surface area contributed by atoms with Crippen LogP contribution < -0.4 is 0 Å². The molecule has 2 aliphatic rings. The summed E-state index contributed by atoms with van der Waals surface area (Å²) in [6.45, 7) is 5.59. The van der Waals surface area contributed by atoms with E-state index in [-0.39, 0.29) is 17.8 Å². The highest BCUT2D eigenvalue weighted by Crippen LogP contribution is 2.52. The van der Waals surface area contributed by atoms with Crippen molar-refractivity contribution in [2.45, 2.75) is 82.3 Å². The lowest BCUT2D eigenvalue weighted by Crippen LogP contribution is -2.42. The monoisotopic (exact) mass is 495 g/mol. The molecule has 4 heteroatoms. The summed E-state index contributed by atoms with van der Waals surface area (Å²) in [5.41, 5.74) is 5.47. The molecule has 1 fully saturated rings. The number of aliphatic hydroxyl groups is 1. The number of fused-ring (bicyclic) bond motifs is 2. The Morgan fingerprint density at radius 2 is 1.46 bits per heavy atom. The number of esters is 1. The van der Waals surface area contributed by atoms with E-state index in [1.54, 1.807) is 0 Å². The summed E-state index contributed by atoms with van der Waals surface area (Å²) in [5.74, 6) is -0.312. The van der Waals surface area contributed by atoms with E-state index in [2.05, 4.69) is 42.5 Å². The van der Waals surface area contributed by atoms with Crippen molar-refractivity contribution in [3.05, 3.63) is 101 Å². The van der Waals surface area contributed by atoms with Gasteiger partial charge in [0.05, 0.1) is 23.4 Å². The summed E-state index contributed by atoms with van der Waals surface area (Å²) >= 11 is 0. The number of ether oxygens (including phenoxy) is 1. The number of carbonyl (C=O) groups excluding carboxylic acids is 1. The second kappa shape index (κ2) is 9.90. The van der Waals surface area contributed by atoms with E-state index < -0.39 is 11.2 Å². The van der Waals surface area contributed by atoms with Gasteiger partial charge in [0.25, 0.3) is 0 Å². The minimum atomic E-state index is -0.971. The molecular weight excluding hydrogens is 458 g/mol. The molecule has 0 atom stereocenters. The molecule has 0 unspecified atom stereocenters. The van der Waals surface area contributed by atoms with E-state index in [1.165, 1.54) is 11.1 Å². The maximum atomic E-state index is 12.4. The maximum absolute atomic E-state index is 12.4. The van der Waals surface area contributed by atoms with Crippen LogP contribution in [0, 0.1) is 0 Å². The van der Waals surface area contributed by atoms with Crippen molar-refractivity contribution >= 4 is 17.4 Å². The van der Waals surface area contributed by atoms with Crippen molar-refractivity contribution in [1.29, 1.82) is 0 Å². The van der Waals surface area contributed by atoms with Crippen molar-refractivity contribution in [3.63, 3.8) is 0 Å². The van der Waals surface area contributed by atoms with Gasteiger partial charge in [-0.05, 0) is 88.0 Å². The smallest absolute Gasteiger partial charge is 0.309 e. The first-order valence-corrected chi connectivity index (χ1v) is 13.4. The van der Waals surface area contributed by atoms with Gasteiger partial charge in [-0.2, -0.15) is 0 Å². The molecule has 3 aromatic carbocycles. The Hall–Kier alpha value is -3.24. The molecular formula is C33H37NO3. The molecule has 192 valence electrons. The van der Waals surface area contributed by atoms with Gasteiger partial charge in [-0.25, -0.2) is 4.99 Å². The van der Waals surface area contributed by atoms with Gasteiger partial charge in [0, 0.05) is 11.1 Å². The van der Waals surface area contributed by atoms with E-state index in [9.17, 15) is 9.90 Å². The lowest BCUT2D eigenvalue weighted by molar-refractivity contribution is -0.162. The largest absolute Gasteiger partial charge is 0.460 e. The number of benzene rings is 3. The number of hydrogen-bond acceptors (Lipinski definition) is 4. The predicted octanol–water partition coefficient (Wildman–Crippen LogP) is 7.08. The van der Waals surface area contributed by atoms with Crippen LogP contribution in [0.5, 0.6) is 0 Å². The molecule has 0 aromatic heterocycles. The fraction of sp³-hybridized carbons (Fsp3) is 0.394. The van der Waals surface area contributed by atoms with Crippen LogP contribution in [-0.4, -0.2) is 28.0 Å². The second-order valence-electron chi connectivity index (χ2n) is 11.8. The average molecular weight is 496 g/mol. The van der Waals surface area contributed by atoms with Crippen molar-refractivity contribution in [2.24, 2.45) is 4.99 Å². The molecule has 0 heterocycles. The molecule has 0 bridgehead atoms. The summed E-state index contributed by atoms with van der Waals surface area (Å²) in [4.78, 5) is 17.5. The number of aryl methyl sites for hydroxylation is 1. The van der Waals surface area contributed by atoms with Gasteiger partial charge >= 0.3 is 5.97 Å². The maximum Gasteiger partial charge on any atom is 0.309 e. The van der Waals surface area contributed by atoms with Crippen molar-refractivity contribution in [3.8, 4) is 0 Å². The molecule has 1 N–H and O–H groups in total. The van der Waals surface area contributed by atoms with Crippen molar-refractivity contribution in [1.82, 2.24) is 0 Å². The van der Waals surface area contributed by atoms with E-state index in [4.69, 9.17) is 9.73 Å². The summed E-state index contributed by atoms with van der Waals surface area (Å²) in [6.07, 6.45) is 5.21. The zero-order valence-electron chi connectivity index (χ0n) is 22.2. The van der Waals surface area contributed by atoms with Crippen LogP contribution in [0.1, 0.15) is 81.5 Å². The summed E-state index contributed by atoms with van der Waals surface area (Å²) in [5, 5.41) is 11.2. The Balaban J connectivity index is 1.36.